The van der Waals surface area contributed by atoms with Gasteiger partial charge in [0.05, 0.1) is 22.2 Å². The van der Waals surface area contributed by atoms with Crippen LogP contribution in [0.1, 0.15) is 29.2 Å². The Morgan fingerprint density at radius 1 is 1.10 bits per heavy atom. The van der Waals surface area contributed by atoms with E-state index >= 15 is 0 Å². The molecule has 39 heavy (non-hydrogen) atoms. The molecule has 0 bridgehead atoms. The third-order valence-corrected chi connectivity index (χ3v) is 6.05. The fourth-order valence-electron chi connectivity index (χ4n) is 3.57. The molecule has 5 nitrogen and oxygen atoms in total. The van der Waals surface area contributed by atoms with Crippen molar-refractivity contribution in [2.75, 3.05) is 11.9 Å². The number of carbonyl (C=O) groups excluding carboxylic acids is 1. The molecule has 0 unspecified atom stereocenters. The van der Waals surface area contributed by atoms with Crippen molar-refractivity contribution in [3.63, 3.8) is 0 Å². The first-order chi connectivity index (χ1) is 18.5. The SMILES string of the molecule is C=CCc1cc(/C=C(/C#N)C(=O)Nc2cccc(C(F)(F)F)c2)cc(OCC)c1OCc1ccc(Cl)c(Cl)c1. The number of hydrogen-bond donors (Lipinski definition) is 1. The Balaban J connectivity index is 1.92. The average Bonchev–Trinajstić information content (AvgIpc) is 2.88. The van der Waals surface area contributed by atoms with Gasteiger partial charge in [-0.1, -0.05) is 41.4 Å². The van der Waals surface area contributed by atoms with Crippen molar-refractivity contribution in [2.45, 2.75) is 26.1 Å². The summed E-state index contributed by atoms with van der Waals surface area (Å²) >= 11 is 12.1. The number of allylic oxidation sites excluding steroid dienone is 1. The van der Waals surface area contributed by atoms with Gasteiger partial charge in [0.1, 0.15) is 18.2 Å². The largest absolute Gasteiger partial charge is 0.490 e. The molecule has 0 aliphatic heterocycles. The van der Waals surface area contributed by atoms with Crippen LogP contribution in [0.3, 0.4) is 0 Å². The van der Waals surface area contributed by atoms with Crippen LogP contribution < -0.4 is 14.8 Å². The Labute approximate surface area is 234 Å². The summed E-state index contributed by atoms with van der Waals surface area (Å²) < 4.78 is 50.9. The van der Waals surface area contributed by atoms with E-state index < -0.39 is 17.6 Å². The predicted molar refractivity (Wildman–Crippen MR) is 146 cm³/mol. The zero-order chi connectivity index (χ0) is 28.6. The Morgan fingerprint density at radius 2 is 1.87 bits per heavy atom. The Kier molecular flexibility index (Phi) is 10.0. The quantitative estimate of drug-likeness (QED) is 0.150. The molecule has 0 aliphatic rings. The summed E-state index contributed by atoms with van der Waals surface area (Å²) in [6.45, 7) is 6.05. The van der Waals surface area contributed by atoms with Crippen LogP contribution in [0.25, 0.3) is 6.08 Å². The summed E-state index contributed by atoms with van der Waals surface area (Å²) in [4.78, 5) is 12.7. The number of rotatable bonds is 10. The van der Waals surface area contributed by atoms with Crippen LogP contribution in [-0.2, 0) is 24.0 Å². The molecule has 0 radical (unpaired) electrons. The molecule has 1 N–H and O–H groups in total. The second-order valence-corrected chi connectivity index (χ2v) is 8.99. The highest BCUT2D eigenvalue weighted by atomic mass is 35.5. The van der Waals surface area contributed by atoms with Crippen LogP contribution in [0.2, 0.25) is 10.0 Å². The van der Waals surface area contributed by atoms with E-state index in [1.54, 1.807) is 49.4 Å². The summed E-state index contributed by atoms with van der Waals surface area (Å²) in [6, 6.07) is 14.4. The monoisotopic (exact) mass is 574 g/mol. The highest BCUT2D eigenvalue weighted by molar-refractivity contribution is 6.42. The Hall–Kier alpha value is -3.93. The third kappa shape index (κ3) is 8.03. The zero-order valence-electron chi connectivity index (χ0n) is 20.7. The first kappa shape index (κ1) is 29.6. The van der Waals surface area contributed by atoms with Crippen LogP contribution in [-0.4, -0.2) is 12.5 Å². The molecule has 10 heteroatoms. The summed E-state index contributed by atoms with van der Waals surface area (Å²) in [5, 5.41) is 12.8. The highest BCUT2D eigenvalue weighted by Gasteiger charge is 2.30. The van der Waals surface area contributed by atoms with Gasteiger partial charge < -0.3 is 14.8 Å². The van der Waals surface area contributed by atoms with Crippen molar-refractivity contribution in [3.05, 3.63) is 105 Å². The van der Waals surface area contributed by atoms with Gasteiger partial charge in [0.25, 0.3) is 5.91 Å². The zero-order valence-corrected chi connectivity index (χ0v) is 22.3. The van der Waals surface area contributed by atoms with Gasteiger partial charge in [-0.2, -0.15) is 18.4 Å². The maximum atomic E-state index is 13.0. The number of carbonyl (C=O) groups is 1. The third-order valence-electron chi connectivity index (χ3n) is 5.31. The van der Waals surface area contributed by atoms with Crippen molar-refractivity contribution in [2.24, 2.45) is 0 Å². The minimum atomic E-state index is -4.57. The number of nitrogens with one attached hydrogen (secondary N) is 1. The van der Waals surface area contributed by atoms with E-state index in [0.29, 0.717) is 45.7 Å². The van der Waals surface area contributed by atoms with Crippen molar-refractivity contribution in [3.8, 4) is 17.6 Å². The predicted octanol–water partition coefficient (Wildman–Crippen LogP) is 8.26. The molecule has 3 rings (SSSR count). The van der Waals surface area contributed by atoms with Gasteiger partial charge in [0.2, 0.25) is 0 Å². The van der Waals surface area contributed by atoms with E-state index in [4.69, 9.17) is 32.7 Å². The first-order valence-electron chi connectivity index (χ1n) is 11.6. The number of nitrogens with zero attached hydrogens (tertiary/aromatic N) is 1. The molecule has 0 aromatic heterocycles. The summed E-state index contributed by atoms with van der Waals surface area (Å²) in [5.74, 6) is -0.0365. The van der Waals surface area contributed by atoms with Gasteiger partial charge in [0.15, 0.2) is 11.5 Å². The highest BCUT2D eigenvalue weighted by Crippen LogP contribution is 2.36. The average molecular weight is 575 g/mol. The molecular weight excluding hydrogens is 552 g/mol. The normalized spacial score (nSPS) is 11.5. The summed E-state index contributed by atoms with van der Waals surface area (Å²) in [7, 11) is 0. The maximum absolute atomic E-state index is 13.0. The van der Waals surface area contributed by atoms with Crippen molar-refractivity contribution < 1.29 is 27.4 Å². The minimum absolute atomic E-state index is 0.0932. The topological polar surface area (TPSA) is 71.4 Å². The van der Waals surface area contributed by atoms with Gasteiger partial charge >= 0.3 is 6.18 Å². The molecule has 0 fully saturated rings. The van der Waals surface area contributed by atoms with Gasteiger partial charge in [-0.3, -0.25) is 4.79 Å². The second-order valence-electron chi connectivity index (χ2n) is 8.17. The lowest BCUT2D eigenvalue weighted by Crippen LogP contribution is -2.14. The van der Waals surface area contributed by atoms with E-state index in [2.05, 4.69) is 11.9 Å². The van der Waals surface area contributed by atoms with E-state index in [1.807, 2.05) is 0 Å². The number of alkyl halides is 3. The fraction of sp³-hybridized carbons (Fsp3) is 0.172. The number of ether oxygens (including phenoxy) is 2. The summed E-state index contributed by atoms with van der Waals surface area (Å²) in [6.07, 6.45) is -1.21. The first-order valence-corrected chi connectivity index (χ1v) is 12.4. The molecule has 202 valence electrons. The van der Waals surface area contributed by atoms with Crippen LogP contribution in [0.15, 0.2) is 72.8 Å². The number of halogens is 5. The van der Waals surface area contributed by atoms with Gasteiger partial charge in [-0.15, -0.1) is 6.58 Å². The standard InChI is InChI=1S/C29H23Cl2F3N2O3/c1-3-6-20-11-19(12-21(16-35)28(37)36-23-8-5-7-22(15-23)29(32,33)34)14-26(38-4-2)27(20)39-17-18-9-10-24(30)25(31)13-18/h3,5,7-15H,1,4,6,17H2,2H3,(H,36,37)/b21-12-. The van der Waals surface area contributed by atoms with E-state index in [1.165, 1.54) is 18.2 Å². The number of hydrogen-bond acceptors (Lipinski definition) is 4. The van der Waals surface area contributed by atoms with Crippen molar-refractivity contribution >= 4 is 40.9 Å². The molecular formula is C29H23Cl2F3N2O3. The number of benzene rings is 3. The molecule has 0 aliphatic carbocycles. The lowest BCUT2D eigenvalue weighted by molar-refractivity contribution is -0.137. The van der Waals surface area contributed by atoms with Crippen LogP contribution in [0.4, 0.5) is 18.9 Å². The molecule has 0 saturated heterocycles. The molecule has 0 spiro atoms. The maximum Gasteiger partial charge on any atom is 0.416 e. The molecule has 0 saturated carbocycles. The van der Waals surface area contributed by atoms with Gasteiger partial charge in [-0.05, 0) is 73.0 Å². The summed E-state index contributed by atoms with van der Waals surface area (Å²) in [5.41, 5.74) is 0.576. The lowest BCUT2D eigenvalue weighted by Gasteiger charge is -2.17. The number of nitriles is 1. The Bertz CT molecular complexity index is 1450. The van der Waals surface area contributed by atoms with E-state index in [0.717, 1.165) is 17.7 Å². The van der Waals surface area contributed by atoms with Crippen LogP contribution in [0.5, 0.6) is 11.5 Å². The molecule has 3 aromatic rings. The molecule has 3 aromatic carbocycles. The minimum Gasteiger partial charge on any atom is -0.490 e. The van der Waals surface area contributed by atoms with Gasteiger partial charge in [0, 0.05) is 11.3 Å². The van der Waals surface area contributed by atoms with E-state index in [-0.39, 0.29) is 17.9 Å². The second kappa shape index (κ2) is 13.2. The number of anilines is 1. The Morgan fingerprint density at radius 3 is 2.51 bits per heavy atom. The van der Waals surface area contributed by atoms with Crippen LogP contribution >= 0.6 is 23.2 Å². The van der Waals surface area contributed by atoms with E-state index in [9.17, 15) is 23.2 Å². The molecule has 0 heterocycles. The smallest absolute Gasteiger partial charge is 0.416 e. The lowest BCUT2D eigenvalue weighted by atomic mass is 10.0. The molecule has 1 amide bonds. The fourth-order valence-corrected chi connectivity index (χ4v) is 3.89. The van der Waals surface area contributed by atoms with Crippen molar-refractivity contribution in [1.82, 2.24) is 0 Å². The molecule has 0 atom stereocenters. The van der Waals surface area contributed by atoms with Crippen molar-refractivity contribution in [1.29, 1.82) is 5.26 Å². The van der Waals surface area contributed by atoms with Crippen LogP contribution in [0, 0.1) is 11.3 Å². The number of amides is 1. The van der Waals surface area contributed by atoms with Gasteiger partial charge in [-0.25, -0.2) is 0 Å².